The fourth-order valence-electron chi connectivity index (χ4n) is 3.67. The molecule has 5 nitrogen and oxygen atoms in total. The van der Waals surface area contributed by atoms with E-state index in [2.05, 4.69) is 10.2 Å². The van der Waals surface area contributed by atoms with Gasteiger partial charge in [-0.2, -0.15) is 0 Å². The van der Waals surface area contributed by atoms with E-state index in [-0.39, 0.29) is 11.7 Å². The summed E-state index contributed by atoms with van der Waals surface area (Å²) >= 11 is -4.16. The summed E-state index contributed by atoms with van der Waals surface area (Å²) in [5.74, 6) is 0. The molecular weight excluding hydrogens is 507 g/mol. The number of nitrogens with one attached hydrogen (secondary N) is 1. The molecule has 9 heteroatoms. The molecule has 0 amide bonds. The van der Waals surface area contributed by atoms with Crippen molar-refractivity contribution in [3.63, 3.8) is 0 Å². The van der Waals surface area contributed by atoms with Gasteiger partial charge in [0.25, 0.3) is 0 Å². The van der Waals surface area contributed by atoms with Crippen molar-refractivity contribution in [1.29, 1.82) is 0 Å². The molecule has 2 aromatic rings. The first kappa shape index (κ1) is 22.9. The van der Waals surface area contributed by atoms with Gasteiger partial charge < -0.3 is 0 Å². The van der Waals surface area contributed by atoms with Crippen molar-refractivity contribution < 1.29 is 21.6 Å². The first-order valence-electron chi connectivity index (χ1n) is 9.49. The standard InChI is InChI=1S/C12H19N2O2.C7H6F2P.CH3.O.Sb/c1-8-4-5-16-10(6-8)9-7-11(14-13-9)12(2,3)15;8-7(9,10)6-4-2-1-3-5-6;;;/h7,10,15H,4-6H2,1-3H3,(H,13,14);1-2,4-5H,10H2;1H3;;. The molecule has 1 aromatic heterocycles. The molecule has 2 heterocycles. The number of benzene rings is 1. The first-order valence-corrected chi connectivity index (χ1v) is 16.2. The number of ether oxygens (including phenoxy) is 1. The van der Waals surface area contributed by atoms with E-state index in [0.717, 1.165) is 5.69 Å². The molecule has 1 aliphatic heterocycles. The third-order valence-electron chi connectivity index (χ3n) is 5.91. The molecule has 1 aromatic carbocycles. The third-order valence-corrected chi connectivity index (χ3v) is 16.9. The number of halogens is 2. The number of H-pyrrole nitrogens is 1. The van der Waals surface area contributed by atoms with E-state index in [9.17, 15) is 16.9 Å². The molecule has 0 aliphatic carbocycles. The van der Waals surface area contributed by atoms with Gasteiger partial charge in [-0.05, 0) is 0 Å². The SMILES string of the molecule is CC(C)(O)c1cc(C2C[C](C)([Sb]([CH3])(=[O])[c]3cccc(C(F)(F)P)c3)CCO2)[nH]n1. The van der Waals surface area contributed by atoms with Gasteiger partial charge in [0.05, 0.1) is 0 Å². The van der Waals surface area contributed by atoms with E-state index in [0.29, 0.717) is 28.7 Å². The maximum absolute atomic E-state index is 14.0. The van der Waals surface area contributed by atoms with Crippen LogP contribution in [0.25, 0.3) is 0 Å². The van der Waals surface area contributed by atoms with Crippen molar-refractivity contribution in [2.45, 2.75) is 59.2 Å². The molecule has 1 fully saturated rings. The molecule has 0 saturated carbocycles. The topological polar surface area (TPSA) is 75.2 Å². The summed E-state index contributed by atoms with van der Waals surface area (Å²) in [5.41, 5.74) is -3.06. The van der Waals surface area contributed by atoms with Crippen LogP contribution in [-0.2, 0) is 19.0 Å². The van der Waals surface area contributed by atoms with Crippen molar-refractivity contribution in [2.24, 2.45) is 0 Å². The van der Waals surface area contributed by atoms with Crippen LogP contribution in [-0.4, -0.2) is 40.7 Å². The molecule has 1 saturated heterocycles. The molecule has 160 valence electrons. The molecule has 4 unspecified atom stereocenters. The van der Waals surface area contributed by atoms with Crippen LogP contribution in [0.15, 0.2) is 30.3 Å². The zero-order valence-corrected chi connectivity index (χ0v) is 20.8. The molecule has 0 radical (unpaired) electrons. The zero-order valence-electron chi connectivity index (χ0n) is 17.1. The molecule has 29 heavy (non-hydrogen) atoms. The quantitative estimate of drug-likeness (QED) is 0.447. The summed E-state index contributed by atoms with van der Waals surface area (Å²) in [6, 6.07) is 7.77. The predicted molar refractivity (Wildman–Crippen MR) is 112 cm³/mol. The number of aliphatic hydroxyl groups is 1. The summed E-state index contributed by atoms with van der Waals surface area (Å²) in [4.78, 5) is 1.76. The molecule has 1 aliphatic rings. The monoisotopic (exact) mass is 534 g/mol. The molecule has 4 atom stereocenters. The van der Waals surface area contributed by atoms with Crippen molar-refractivity contribution in [2.75, 3.05) is 6.61 Å². The molecule has 3 rings (SSSR count). The van der Waals surface area contributed by atoms with E-state index < -0.39 is 33.4 Å². The number of alkyl halides is 2. The van der Waals surface area contributed by atoms with Gasteiger partial charge in [0.1, 0.15) is 0 Å². The van der Waals surface area contributed by atoms with Crippen molar-refractivity contribution in [3.05, 3.63) is 47.3 Å². The van der Waals surface area contributed by atoms with Crippen LogP contribution in [0.5, 0.6) is 0 Å². The van der Waals surface area contributed by atoms with Gasteiger partial charge in [-0.3, -0.25) is 0 Å². The van der Waals surface area contributed by atoms with Gasteiger partial charge in [-0.25, -0.2) is 0 Å². The Hall–Kier alpha value is -0.742. The van der Waals surface area contributed by atoms with Gasteiger partial charge in [-0.1, -0.05) is 0 Å². The van der Waals surface area contributed by atoms with E-state index in [1.807, 2.05) is 6.92 Å². The van der Waals surface area contributed by atoms with Crippen LogP contribution in [0.1, 0.15) is 56.7 Å². The van der Waals surface area contributed by atoms with Gasteiger partial charge in [-0.15, -0.1) is 0 Å². The van der Waals surface area contributed by atoms with Crippen LogP contribution in [0, 0.1) is 0 Å². The number of nitrogens with zero attached hydrogens (tertiary/aromatic N) is 1. The zero-order chi connectivity index (χ0) is 21.7. The van der Waals surface area contributed by atoms with Gasteiger partial charge >= 0.3 is 176 Å². The Morgan fingerprint density at radius 3 is 2.66 bits per heavy atom. The van der Waals surface area contributed by atoms with E-state index in [4.69, 9.17) is 4.74 Å². The van der Waals surface area contributed by atoms with Crippen LogP contribution in [0.2, 0.25) is 8.23 Å². The number of hydrogen-bond donors (Lipinski definition) is 2. The Morgan fingerprint density at radius 1 is 1.38 bits per heavy atom. The summed E-state index contributed by atoms with van der Waals surface area (Å²) in [5, 5.41) is 17.2. The average molecular weight is 535 g/mol. The van der Waals surface area contributed by atoms with Gasteiger partial charge in [0.2, 0.25) is 0 Å². The Kier molecular flexibility index (Phi) is 6.13. The second-order valence-electron chi connectivity index (χ2n) is 8.68. The van der Waals surface area contributed by atoms with Crippen LogP contribution in [0.3, 0.4) is 0 Å². The van der Waals surface area contributed by atoms with Crippen LogP contribution in [0.4, 0.5) is 8.78 Å². The van der Waals surface area contributed by atoms with Crippen molar-refractivity contribution >= 4 is 31.5 Å². The fraction of sp³-hybridized carbons (Fsp3) is 0.550. The predicted octanol–water partition coefficient (Wildman–Crippen LogP) is 4.09. The molecule has 2 N–H and O–H groups in total. The molecule has 0 spiro atoms. The van der Waals surface area contributed by atoms with E-state index in [1.54, 1.807) is 36.9 Å². The normalized spacial score (nSPS) is 25.6. The van der Waals surface area contributed by atoms with E-state index >= 15 is 0 Å². The third kappa shape index (κ3) is 4.63. The van der Waals surface area contributed by atoms with E-state index in [1.165, 1.54) is 21.4 Å². The average Bonchev–Trinajstić information content (AvgIpc) is 3.12. The Balaban J connectivity index is 1.91. The number of rotatable bonds is 5. The fourth-order valence-corrected chi connectivity index (χ4v) is 10.7. The first-order chi connectivity index (χ1) is 13.2. The minimum absolute atomic E-state index is 0.147. The minimum atomic E-state index is -4.16. The van der Waals surface area contributed by atoms with Crippen LogP contribution >= 0.6 is 9.24 Å². The second-order valence-corrected chi connectivity index (χ2v) is 19.2. The summed E-state index contributed by atoms with van der Waals surface area (Å²) in [6.45, 7) is 5.69. The summed E-state index contributed by atoms with van der Waals surface area (Å²) in [6.07, 6.45) is 0.752. The van der Waals surface area contributed by atoms with Crippen molar-refractivity contribution in [3.8, 4) is 0 Å². The maximum atomic E-state index is 14.0. The second kappa shape index (κ2) is 7.75. The molecular formula is C20H28F2N2O3PSb. The van der Waals surface area contributed by atoms with Crippen LogP contribution < -0.4 is 3.51 Å². The summed E-state index contributed by atoms with van der Waals surface area (Å²) < 4.78 is 47.5. The Morgan fingerprint density at radius 2 is 2.07 bits per heavy atom. The number of aromatic amines is 1. The van der Waals surface area contributed by atoms with Gasteiger partial charge in [0.15, 0.2) is 0 Å². The van der Waals surface area contributed by atoms with Gasteiger partial charge in [0, 0.05) is 0 Å². The Bertz CT molecular complexity index is 938. The van der Waals surface area contributed by atoms with Crippen molar-refractivity contribution in [1.82, 2.24) is 10.2 Å². The number of aromatic nitrogens is 2. The molecule has 0 bridgehead atoms. The summed E-state index contributed by atoms with van der Waals surface area (Å²) in [7, 11) is 1.54. The number of hydrogen-bond acceptors (Lipinski definition) is 4. The Labute approximate surface area is 176 Å².